The quantitative estimate of drug-likeness (QED) is 0.733. The number of hydrogen-bond donors (Lipinski definition) is 2. The number of amides is 2. The molecule has 1 saturated heterocycles. The highest BCUT2D eigenvalue weighted by Crippen LogP contribution is 2.31. The monoisotopic (exact) mass is 361 g/mol. The summed E-state index contributed by atoms with van der Waals surface area (Å²) in [7, 11) is 1.30. The van der Waals surface area contributed by atoms with Crippen LogP contribution in [-0.2, 0) is 14.3 Å². The summed E-state index contributed by atoms with van der Waals surface area (Å²) in [5.74, 6) is -0.849. The summed E-state index contributed by atoms with van der Waals surface area (Å²) >= 11 is 1.30. The average molecular weight is 362 g/mol. The van der Waals surface area contributed by atoms with Gasteiger partial charge in [-0.1, -0.05) is 0 Å². The second kappa shape index (κ2) is 8.85. The summed E-state index contributed by atoms with van der Waals surface area (Å²) in [5.41, 5.74) is 5.73. The Morgan fingerprint density at radius 3 is 2.91 bits per heavy atom. The van der Waals surface area contributed by atoms with Gasteiger partial charge in [0, 0.05) is 13.0 Å². The molecule has 1 fully saturated rings. The zero-order chi connectivity index (χ0) is 16.1. The van der Waals surface area contributed by atoms with Gasteiger partial charge in [0.1, 0.15) is 11.0 Å². The predicted octanol–water partition coefficient (Wildman–Crippen LogP) is 0.917. The molecule has 0 aromatic carbocycles. The molecule has 1 unspecified atom stereocenters. The van der Waals surface area contributed by atoms with Crippen molar-refractivity contribution in [2.24, 2.45) is 5.73 Å². The molecule has 0 bridgehead atoms. The summed E-state index contributed by atoms with van der Waals surface area (Å²) in [6.07, 6.45) is 1.42. The molecule has 0 aliphatic carbocycles. The number of anilines is 1. The van der Waals surface area contributed by atoms with Crippen LogP contribution in [0, 0.1) is 0 Å². The number of methoxy groups -OCH3 is 1. The van der Waals surface area contributed by atoms with Gasteiger partial charge in [0.05, 0.1) is 12.7 Å². The van der Waals surface area contributed by atoms with Crippen LogP contribution in [0.1, 0.15) is 29.6 Å². The molecule has 0 spiro atoms. The largest absolute Gasteiger partial charge is 0.465 e. The lowest BCUT2D eigenvalue weighted by atomic mass is 10.2. The number of nitrogens with one attached hydrogen (secondary N) is 1. The summed E-state index contributed by atoms with van der Waals surface area (Å²) < 4.78 is 4.71. The van der Waals surface area contributed by atoms with E-state index in [0.717, 1.165) is 0 Å². The minimum Gasteiger partial charge on any atom is -0.465 e. The molecule has 0 radical (unpaired) electrons. The Bertz CT molecular complexity index is 578. The van der Waals surface area contributed by atoms with Gasteiger partial charge >= 0.3 is 5.97 Å². The zero-order valence-corrected chi connectivity index (χ0v) is 14.4. The van der Waals surface area contributed by atoms with Crippen molar-refractivity contribution in [2.45, 2.75) is 25.3 Å². The van der Waals surface area contributed by atoms with Crippen molar-refractivity contribution >= 4 is 46.5 Å². The molecule has 9 heteroatoms. The molecular weight excluding hydrogens is 342 g/mol. The van der Waals surface area contributed by atoms with Crippen molar-refractivity contribution in [3.8, 4) is 0 Å². The number of halogens is 1. The molecule has 0 saturated carbocycles. The van der Waals surface area contributed by atoms with Crippen LogP contribution in [0.2, 0.25) is 0 Å². The van der Waals surface area contributed by atoms with Crippen LogP contribution in [0.4, 0.5) is 5.00 Å². The lowest BCUT2D eigenvalue weighted by molar-refractivity contribution is -0.126. The molecule has 1 aromatic rings. The van der Waals surface area contributed by atoms with Crippen molar-refractivity contribution in [2.75, 3.05) is 25.1 Å². The maximum atomic E-state index is 12.4. The molecule has 2 heterocycles. The molecule has 23 heavy (non-hydrogen) atoms. The molecule has 1 aliphatic heterocycles. The second-order valence-electron chi connectivity index (χ2n) is 4.92. The van der Waals surface area contributed by atoms with Crippen molar-refractivity contribution in [1.29, 1.82) is 0 Å². The van der Waals surface area contributed by atoms with E-state index in [4.69, 9.17) is 10.5 Å². The number of nitrogens with two attached hydrogens (primary N) is 1. The normalized spacial score (nSPS) is 16.9. The van der Waals surface area contributed by atoms with E-state index in [1.807, 2.05) is 0 Å². The van der Waals surface area contributed by atoms with Crippen LogP contribution >= 0.6 is 23.7 Å². The molecule has 3 N–H and O–H groups in total. The van der Waals surface area contributed by atoms with Gasteiger partial charge < -0.3 is 20.7 Å². The molecule has 2 rings (SSSR count). The maximum Gasteiger partial charge on any atom is 0.340 e. The van der Waals surface area contributed by atoms with Gasteiger partial charge in [-0.3, -0.25) is 9.59 Å². The molecule has 1 atom stereocenters. The number of thiophene rings is 1. The van der Waals surface area contributed by atoms with Crippen molar-refractivity contribution in [3.05, 3.63) is 17.0 Å². The van der Waals surface area contributed by atoms with Crippen molar-refractivity contribution < 1.29 is 19.1 Å². The van der Waals surface area contributed by atoms with E-state index in [-0.39, 0.29) is 24.2 Å². The molecule has 2 amide bonds. The van der Waals surface area contributed by atoms with Gasteiger partial charge in [0.25, 0.3) is 0 Å². The van der Waals surface area contributed by atoms with E-state index in [1.165, 1.54) is 23.3 Å². The Morgan fingerprint density at radius 2 is 2.26 bits per heavy atom. The van der Waals surface area contributed by atoms with E-state index >= 15 is 0 Å². The average Bonchev–Trinajstić information content (AvgIpc) is 3.12. The summed E-state index contributed by atoms with van der Waals surface area (Å²) in [5, 5.41) is 5.02. The highest BCUT2D eigenvalue weighted by Gasteiger charge is 2.36. The fraction of sp³-hybridized carbons (Fsp3) is 0.500. The van der Waals surface area contributed by atoms with E-state index in [9.17, 15) is 14.4 Å². The molecule has 7 nitrogen and oxygen atoms in total. The number of hydrogen-bond acceptors (Lipinski definition) is 6. The first kappa shape index (κ1) is 19.4. The van der Waals surface area contributed by atoms with Crippen LogP contribution in [0.25, 0.3) is 0 Å². The standard InChI is InChI=1S/C14H19N3O4S.ClH/c1-21-14(20)9-5-8-22-13(9)17-7-4-10(12(17)19)16-11(18)3-2-6-15;/h5,8,10H,2-4,6-7,15H2,1H3,(H,16,18);1H. The summed E-state index contributed by atoms with van der Waals surface area (Å²) in [6.45, 7) is 0.904. The van der Waals surface area contributed by atoms with Crippen LogP contribution in [0.3, 0.4) is 0 Å². The fourth-order valence-electron chi connectivity index (χ4n) is 2.32. The van der Waals surface area contributed by atoms with Crippen LogP contribution in [0.15, 0.2) is 11.4 Å². The first-order chi connectivity index (χ1) is 10.6. The molecular formula is C14H20ClN3O4S. The van der Waals surface area contributed by atoms with Gasteiger partial charge in [-0.15, -0.1) is 23.7 Å². The Balaban J connectivity index is 0.00000264. The second-order valence-corrected chi connectivity index (χ2v) is 5.82. The van der Waals surface area contributed by atoms with Crippen LogP contribution in [-0.4, -0.2) is 44.0 Å². The minimum absolute atomic E-state index is 0. The Labute approximate surface area is 144 Å². The van der Waals surface area contributed by atoms with Gasteiger partial charge in [-0.2, -0.15) is 0 Å². The SMILES string of the molecule is COC(=O)c1ccsc1N1CCC(NC(=O)CCCN)C1=O.Cl. The molecule has 1 aromatic heterocycles. The van der Waals surface area contributed by atoms with Gasteiger partial charge in [-0.05, 0) is 30.8 Å². The first-order valence-corrected chi connectivity index (χ1v) is 7.93. The third-order valence-corrected chi connectivity index (χ3v) is 4.38. The number of nitrogens with zero attached hydrogens (tertiary/aromatic N) is 1. The smallest absolute Gasteiger partial charge is 0.340 e. The Kier molecular flexibility index (Phi) is 7.47. The highest BCUT2D eigenvalue weighted by molar-refractivity contribution is 7.14. The highest BCUT2D eigenvalue weighted by atomic mass is 35.5. The third-order valence-electron chi connectivity index (χ3n) is 3.44. The minimum atomic E-state index is -0.544. The van der Waals surface area contributed by atoms with Gasteiger partial charge in [0.15, 0.2) is 0 Å². The van der Waals surface area contributed by atoms with Gasteiger partial charge in [0.2, 0.25) is 11.8 Å². The Hall–Kier alpha value is -1.64. The summed E-state index contributed by atoms with van der Waals surface area (Å²) in [6, 6.07) is 1.09. The summed E-state index contributed by atoms with van der Waals surface area (Å²) in [4.78, 5) is 37.4. The Morgan fingerprint density at radius 1 is 1.52 bits per heavy atom. The van der Waals surface area contributed by atoms with Gasteiger partial charge in [-0.25, -0.2) is 4.79 Å². The predicted molar refractivity (Wildman–Crippen MR) is 90.1 cm³/mol. The van der Waals surface area contributed by atoms with E-state index in [2.05, 4.69) is 5.32 Å². The lowest BCUT2D eigenvalue weighted by Gasteiger charge is -2.16. The number of rotatable bonds is 6. The number of carbonyl (C=O) groups is 3. The zero-order valence-electron chi connectivity index (χ0n) is 12.7. The van der Waals surface area contributed by atoms with Crippen molar-refractivity contribution in [3.63, 3.8) is 0 Å². The maximum absolute atomic E-state index is 12.4. The first-order valence-electron chi connectivity index (χ1n) is 7.05. The van der Waals surface area contributed by atoms with Crippen LogP contribution in [0.5, 0.6) is 0 Å². The van der Waals surface area contributed by atoms with Crippen molar-refractivity contribution in [1.82, 2.24) is 5.32 Å². The van der Waals surface area contributed by atoms with E-state index in [1.54, 1.807) is 11.4 Å². The fourth-order valence-corrected chi connectivity index (χ4v) is 3.24. The van der Waals surface area contributed by atoms with E-state index < -0.39 is 12.0 Å². The number of esters is 1. The molecule has 128 valence electrons. The lowest BCUT2D eigenvalue weighted by Crippen LogP contribution is -2.41. The third kappa shape index (κ3) is 4.43. The van der Waals surface area contributed by atoms with Crippen LogP contribution < -0.4 is 16.0 Å². The number of carbonyl (C=O) groups excluding carboxylic acids is 3. The topological polar surface area (TPSA) is 102 Å². The molecule has 1 aliphatic rings. The van der Waals surface area contributed by atoms with E-state index in [0.29, 0.717) is 42.9 Å². The number of ether oxygens (including phenoxy) is 1.